The molecule has 0 amide bonds. The Bertz CT molecular complexity index is 1310. The zero-order valence-electron chi connectivity index (χ0n) is 15.3. The van der Waals surface area contributed by atoms with Gasteiger partial charge in [-0.25, -0.2) is 4.98 Å². The maximum atomic E-state index is 5.19. The Morgan fingerprint density at radius 1 is 1.04 bits per heavy atom. The number of ether oxygens (including phenoxy) is 1. The number of imidazole rings is 1. The average molecular weight is 388 g/mol. The molecule has 8 heteroatoms. The molecule has 0 aliphatic rings. The highest BCUT2D eigenvalue weighted by atomic mass is 32.1. The van der Waals surface area contributed by atoms with Crippen LogP contribution in [0.1, 0.15) is 16.3 Å². The summed E-state index contributed by atoms with van der Waals surface area (Å²) in [7, 11) is 1.66. The van der Waals surface area contributed by atoms with E-state index >= 15 is 0 Å². The SMILES string of the molecule is COc1ccc(/C=C/c2nn3c(-c4c(C)nc5ccccn45)nnc3s2)cc1. The average Bonchev–Trinajstić information content (AvgIpc) is 3.38. The third-order valence-corrected chi connectivity index (χ3v) is 5.32. The predicted octanol–water partition coefficient (Wildman–Crippen LogP) is 3.99. The first-order valence-corrected chi connectivity index (χ1v) is 9.53. The van der Waals surface area contributed by atoms with E-state index in [1.54, 1.807) is 11.6 Å². The molecule has 0 N–H and O–H groups in total. The third kappa shape index (κ3) is 2.74. The molecule has 0 saturated heterocycles. The van der Waals surface area contributed by atoms with Crippen molar-refractivity contribution >= 4 is 34.1 Å². The van der Waals surface area contributed by atoms with Gasteiger partial charge in [0, 0.05) is 6.20 Å². The molecule has 7 nitrogen and oxygen atoms in total. The van der Waals surface area contributed by atoms with Crippen molar-refractivity contribution in [2.45, 2.75) is 6.92 Å². The summed E-state index contributed by atoms with van der Waals surface area (Å²) >= 11 is 1.49. The zero-order valence-corrected chi connectivity index (χ0v) is 16.1. The van der Waals surface area contributed by atoms with E-state index < -0.39 is 0 Å². The first-order valence-electron chi connectivity index (χ1n) is 8.71. The molecule has 0 radical (unpaired) electrons. The van der Waals surface area contributed by atoms with Crippen molar-refractivity contribution in [1.82, 2.24) is 29.2 Å². The highest BCUT2D eigenvalue weighted by molar-refractivity contribution is 7.17. The van der Waals surface area contributed by atoms with Gasteiger partial charge >= 0.3 is 0 Å². The molecule has 5 rings (SSSR count). The standard InChI is InChI=1S/C20H16N6OS/c1-13-18(25-12-4-3-5-16(25)21-13)19-22-23-20-26(19)24-17(28-20)11-8-14-6-9-15(27-2)10-7-14/h3-12H,1-2H3/b11-8+. The van der Waals surface area contributed by atoms with E-state index in [2.05, 4.69) is 20.3 Å². The molecule has 0 bridgehead atoms. The Balaban J connectivity index is 1.53. The van der Waals surface area contributed by atoms with Gasteiger partial charge in [0.15, 0.2) is 0 Å². The summed E-state index contributed by atoms with van der Waals surface area (Å²) in [5.41, 5.74) is 3.74. The van der Waals surface area contributed by atoms with E-state index in [0.717, 1.165) is 38.3 Å². The monoisotopic (exact) mass is 388 g/mol. The molecule has 0 atom stereocenters. The van der Waals surface area contributed by atoms with Gasteiger partial charge in [0.2, 0.25) is 10.8 Å². The topological polar surface area (TPSA) is 69.6 Å². The van der Waals surface area contributed by atoms with Gasteiger partial charge in [0.1, 0.15) is 22.1 Å². The van der Waals surface area contributed by atoms with Gasteiger partial charge < -0.3 is 4.74 Å². The van der Waals surface area contributed by atoms with Gasteiger partial charge in [-0.15, -0.1) is 10.2 Å². The summed E-state index contributed by atoms with van der Waals surface area (Å²) in [6, 6.07) is 13.8. The summed E-state index contributed by atoms with van der Waals surface area (Å²) in [6.07, 6.45) is 5.97. The molecular weight excluding hydrogens is 372 g/mol. The van der Waals surface area contributed by atoms with Gasteiger partial charge in [-0.3, -0.25) is 4.40 Å². The fourth-order valence-electron chi connectivity index (χ4n) is 3.11. The number of pyridine rings is 1. The van der Waals surface area contributed by atoms with Crippen LogP contribution in [0.5, 0.6) is 5.75 Å². The van der Waals surface area contributed by atoms with Crippen LogP contribution in [0.4, 0.5) is 0 Å². The van der Waals surface area contributed by atoms with Crippen LogP contribution in [0.25, 0.3) is 34.3 Å². The number of rotatable bonds is 4. The highest BCUT2D eigenvalue weighted by Gasteiger charge is 2.19. The molecule has 0 unspecified atom stereocenters. The predicted molar refractivity (Wildman–Crippen MR) is 110 cm³/mol. The molecule has 138 valence electrons. The fraction of sp³-hybridized carbons (Fsp3) is 0.100. The maximum absolute atomic E-state index is 5.19. The van der Waals surface area contributed by atoms with E-state index in [1.165, 1.54) is 11.3 Å². The van der Waals surface area contributed by atoms with Gasteiger partial charge in [-0.2, -0.15) is 9.61 Å². The number of aromatic nitrogens is 6. The molecule has 5 aromatic rings. The Morgan fingerprint density at radius 3 is 2.71 bits per heavy atom. The first kappa shape index (κ1) is 16.6. The molecule has 28 heavy (non-hydrogen) atoms. The largest absolute Gasteiger partial charge is 0.497 e. The minimum absolute atomic E-state index is 0.687. The van der Waals surface area contributed by atoms with E-state index in [4.69, 9.17) is 4.74 Å². The molecule has 0 fully saturated rings. The van der Waals surface area contributed by atoms with Crippen LogP contribution in [0.3, 0.4) is 0 Å². The molecule has 4 aromatic heterocycles. The van der Waals surface area contributed by atoms with Crippen molar-refractivity contribution < 1.29 is 4.74 Å². The number of hydrogen-bond acceptors (Lipinski definition) is 6. The lowest BCUT2D eigenvalue weighted by atomic mass is 10.2. The highest BCUT2D eigenvalue weighted by Crippen LogP contribution is 2.26. The van der Waals surface area contributed by atoms with E-state index in [1.807, 2.05) is 72.1 Å². The van der Waals surface area contributed by atoms with Crippen molar-refractivity contribution in [1.29, 1.82) is 0 Å². The van der Waals surface area contributed by atoms with Gasteiger partial charge in [0.05, 0.1) is 12.8 Å². The van der Waals surface area contributed by atoms with Crippen LogP contribution in [-0.4, -0.2) is 36.3 Å². The van der Waals surface area contributed by atoms with Crippen molar-refractivity contribution in [2.24, 2.45) is 0 Å². The lowest BCUT2D eigenvalue weighted by Crippen LogP contribution is -1.96. The number of fused-ring (bicyclic) bond motifs is 2. The van der Waals surface area contributed by atoms with Crippen LogP contribution in [0.2, 0.25) is 0 Å². The number of nitrogens with zero attached hydrogens (tertiary/aromatic N) is 6. The Labute approximate surface area is 164 Å². The fourth-order valence-corrected chi connectivity index (χ4v) is 3.85. The molecule has 0 aliphatic carbocycles. The van der Waals surface area contributed by atoms with E-state index in [0.29, 0.717) is 5.82 Å². The van der Waals surface area contributed by atoms with Crippen LogP contribution < -0.4 is 4.74 Å². The summed E-state index contributed by atoms with van der Waals surface area (Å²) < 4.78 is 8.98. The third-order valence-electron chi connectivity index (χ3n) is 4.46. The van der Waals surface area contributed by atoms with Gasteiger partial charge in [-0.1, -0.05) is 35.6 Å². The van der Waals surface area contributed by atoms with Crippen LogP contribution in [-0.2, 0) is 0 Å². The lowest BCUT2D eigenvalue weighted by Gasteiger charge is -1.99. The van der Waals surface area contributed by atoms with Crippen molar-refractivity contribution in [3.05, 3.63) is 64.9 Å². The zero-order chi connectivity index (χ0) is 19.1. The van der Waals surface area contributed by atoms with Crippen molar-refractivity contribution in [3.63, 3.8) is 0 Å². The van der Waals surface area contributed by atoms with E-state index in [9.17, 15) is 0 Å². The van der Waals surface area contributed by atoms with Gasteiger partial charge in [-0.05, 0) is 42.8 Å². The Morgan fingerprint density at radius 2 is 1.89 bits per heavy atom. The Kier molecular flexibility index (Phi) is 3.91. The minimum Gasteiger partial charge on any atom is -0.497 e. The van der Waals surface area contributed by atoms with Crippen LogP contribution in [0, 0.1) is 6.92 Å². The molecule has 0 spiro atoms. The summed E-state index contributed by atoms with van der Waals surface area (Å²) in [5, 5.41) is 14.2. The number of aryl methyl sites for hydroxylation is 1. The smallest absolute Gasteiger partial charge is 0.235 e. The molecule has 0 saturated carbocycles. The first-order chi connectivity index (χ1) is 13.7. The Hall–Kier alpha value is -3.52. The van der Waals surface area contributed by atoms with Crippen LogP contribution >= 0.6 is 11.3 Å². The molecular formula is C20H16N6OS. The minimum atomic E-state index is 0.687. The quantitative estimate of drug-likeness (QED) is 0.466. The number of hydrogen-bond donors (Lipinski definition) is 0. The second-order valence-electron chi connectivity index (χ2n) is 6.24. The summed E-state index contributed by atoms with van der Waals surface area (Å²) in [4.78, 5) is 5.35. The number of methoxy groups -OCH3 is 1. The van der Waals surface area contributed by atoms with Crippen LogP contribution in [0.15, 0.2) is 48.7 Å². The lowest BCUT2D eigenvalue weighted by molar-refractivity contribution is 0.415. The summed E-state index contributed by atoms with van der Waals surface area (Å²) in [6.45, 7) is 1.97. The normalized spacial score (nSPS) is 11.8. The van der Waals surface area contributed by atoms with Crippen molar-refractivity contribution in [2.75, 3.05) is 7.11 Å². The molecule has 0 aliphatic heterocycles. The van der Waals surface area contributed by atoms with Gasteiger partial charge in [0.25, 0.3) is 0 Å². The molecule has 4 heterocycles. The second kappa shape index (κ2) is 6.58. The van der Waals surface area contributed by atoms with E-state index in [-0.39, 0.29) is 0 Å². The maximum Gasteiger partial charge on any atom is 0.235 e. The second-order valence-corrected chi connectivity index (χ2v) is 7.23. The molecule has 1 aromatic carbocycles. The number of benzene rings is 1. The summed E-state index contributed by atoms with van der Waals surface area (Å²) in [5.74, 6) is 1.52. The van der Waals surface area contributed by atoms with Crippen molar-refractivity contribution in [3.8, 4) is 17.3 Å².